The predicted octanol–water partition coefficient (Wildman–Crippen LogP) is 2.89. The van der Waals surface area contributed by atoms with Crippen molar-refractivity contribution in [1.29, 1.82) is 0 Å². The highest BCUT2D eigenvalue weighted by Gasteiger charge is 2.23. The lowest BCUT2D eigenvalue weighted by atomic mass is 10.4. The molecule has 0 aliphatic heterocycles. The molecule has 1 rings (SSSR count). The van der Waals surface area contributed by atoms with Crippen LogP contribution in [0.4, 0.5) is 0 Å². The van der Waals surface area contributed by atoms with Gasteiger partial charge in [0.2, 0.25) is 0 Å². The average molecular weight is 212 g/mol. The third kappa shape index (κ3) is 2.29. The van der Waals surface area contributed by atoms with Gasteiger partial charge in [0.25, 0.3) is 0 Å². The van der Waals surface area contributed by atoms with Crippen LogP contribution in [-0.2, 0) is 0 Å². The van der Waals surface area contributed by atoms with Crippen LogP contribution in [-0.4, -0.2) is 13.9 Å². The Hall–Kier alpha value is -0.413. The van der Waals surface area contributed by atoms with Crippen molar-refractivity contribution in [2.24, 2.45) is 0 Å². The van der Waals surface area contributed by atoms with E-state index in [1.165, 1.54) is 10.5 Å². The molecule has 0 saturated carbocycles. The number of Topliss-reactive ketones (excluding diaryl/α,β-unsaturated/α-hetero) is 1. The Labute approximate surface area is 84.8 Å². The fourth-order valence-corrected chi connectivity index (χ4v) is 4.47. The second kappa shape index (κ2) is 3.76. The van der Waals surface area contributed by atoms with Crippen LogP contribution in [0.1, 0.15) is 23.5 Å². The van der Waals surface area contributed by atoms with Crippen LogP contribution in [0.15, 0.2) is 12.1 Å². The number of thiophene rings is 1. The largest absolute Gasteiger partial charge is 0.294 e. The Morgan fingerprint density at radius 3 is 2.46 bits per heavy atom. The van der Waals surface area contributed by atoms with Crippen LogP contribution < -0.4 is 4.50 Å². The van der Waals surface area contributed by atoms with E-state index in [0.717, 1.165) is 4.88 Å². The van der Waals surface area contributed by atoms with Gasteiger partial charge in [0.1, 0.15) is 0 Å². The Balaban J connectivity index is 2.98. The molecule has 0 N–H and O–H groups in total. The molecular weight excluding hydrogens is 196 g/mol. The van der Waals surface area contributed by atoms with Crippen LogP contribution in [0, 0.1) is 0 Å². The molecule has 0 bridgehead atoms. The highest BCUT2D eigenvalue weighted by molar-refractivity contribution is 7.27. The van der Waals surface area contributed by atoms with Gasteiger partial charge in [0, 0.05) is 0 Å². The molecule has 0 aromatic carbocycles. The molecule has 1 nitrogen and oxygen atoms in total. The van der Waals surface area contributed by atoms with E-state index < -0.39 is 8.07 Å². The van der Waals surface area contributed by atoms with Crippen molar-refractivity contribution in [3.63, 3.8) is 0 Å². The first-order valence-electron chi connectivity index (χ1n) is 4.58. The van der Waals surface area contributed by atoms with Crippen LogP contribution in [0.5, 0.6) is 0 Å². The summed E-state index contributed by atoms with van der Waals surface area (Å²) >= 11 is 1.68. The average Bonchev–Trinajstić information content (AvgIpc) is 2.52. The highest BCUT2D eigenvalue weighted by atomic mass is 32.1. The first-order chi connectivity index (χ1) is 5.97. The summed E-state index contributed by atoms with van der Waals surface area (Å²) < 4.78 is 1.44. The number of ketones is 1. The molecule has 0 aliphatic rings. The quantitative estimate of drug-likeness (QED) is 0.556. The SMILES string of the molecule is CC[Si](C)(C)c1ccc(C(C)=O)s1. The maximum Gasteiger partial charge on any atom is 0.169 e. The summed E-state index contributed by atoms with van der Waals surface area (Å²) in [6.45, 7) is 8.57. The van der Waals surface area contributed by atoms with Gasteiger partial charge in [-0.25, -0.2) is 0 Å². The number of rotatable bonds is 3. The number of hydrogen-bond donors (Lipinski definition) is 0. The van der Waals surface area contributed by atoms with E-state index in [1.807, 2.05) is 6.07 Å². The molecule has 1 aromatic heterocycles. The summed E-state index contributed by atoms with van der Waals surface area (Å²) in [5, 5.41) is 0. The Bertz CT molecular complexity index is 314. The van der Waals surface area contributed by atoms with Crippen molar-refractivity contribution >= 4 is 29.7 Å². The van der Waals surface area contributed by atoms with Gasteiger partial charge in [-0.05, 0) is 17.5 Å². The lowest BCUT2D eigenvalue weighted by molar-refractivity contribution is 0.102. The van der Waals surface area contributed by atoms with Crippen molar-refractivity contribution in [2.45, 2.75) is 33.0 Å². The summed E-state index contributed by atoms with van der Waals surface area (Å²) in [7, 11) is -1.21. The molecule has 3 heteroatoms. The molecule has 0 atom stereocenters. The first-order valence-corrected chi connectivity index (χ1v) is 8.61. The minimum Gasteiger partial charge on any atom is -0.294 e. The Morgan fingerprint density at radius 1 is 1.46 bits per heavy atom. The normalized spacial score (nSPS) is 11.7. The predicted molar refractivity (Wildman–Crippen MR) is 61.9 cm³/mol. The summed E-state index contributed by atoms with van der Waals surface area (Å²) in [4.78, 5) is 12.0. The molecule has 0 aliphatic carbocycles. The monoisotopic (exact) mass is 212 g/mol. The van der Waals surface area contributed by atoms with E-state index >= 15 is 0 Å². The van der Waals surface area contributed by atoms with Crippen molar-refractivity contribution < 1.29 is 4.79 Å². The van der Waals surface area contributed by atoms with Gasteiger partial charge in [0.15, 0.2) is 5.78 Å². The van der Waals surface area contributed by atoms with Crippen molar-refractivity contribution in [1.82, 2.24) is 0 Å². The zero-order valence-corrected chi connectivity index (χ0v) is 10.5. The van der Waals surface area contributed by atoms with Gasteiger partial charge in [-0.1, -0.05) is 32.1 Å². The molecular formula is C10H16OSSi. The smallest absolute Gasteiger partial charge is 0.169 e. The minimum atomic E-state index is -1.21. The second-order valence-electron chi connectivity index (χ2n) is 3.96. The van der Waals surface area contributed by atoms with Crippen molar-refractivity contribution in [2.75, 3.05) is 0 Å². The summed E-state index contributed by atoms with van der Waals surface area (Å²) in [5.41, 5.74) is 0. The van der Waals surface area contributed by atoms with E-state index in [4.69, 9.17) is 0 Å². The summed E-state index contributed by atoms with van der Waals surface area (Å²) in [6, 6.07) is 5.34. The maximum atomic E-state index is 11.1. The van der Waals surface area contributed by atoms with Crippen LogP contribution in [0.2, 0.25) is 19.1 Å². The second-order valence-corrected chi connectivity index (χ2v) is 10.4. The lowest BCUT2D eigenvalue weighted by Crippen LogP contribution is -2.37. The topological polar surface area (TPSA) is 17.1 Å². The third-order valence-electron chi connectivity index (χ3n) is 2.50. The van der Waals surface area contributed by atoms with E-state index in [0.29, 0.717) is 0 Å². The molecule has 0 fully saturated rings. The standard InChI is InChI=1S/C10H16OSSi/c1-5-13(3,4)10-7-6-9(12-10)8(2)11/h6-7H,5H2,1-4H3. The summed E-state index contributed by atoms with van der Waals surface area (Å²) in [5.74, 6) is 0.192. The molecule has 1 heterocycles. The van der Waals surface area contributed by atoms with Gasteiger partial charge in [-0.15, -0.1) is 11.3 Å². The molecule has 1 aromatic rings. The zero-order chi connectivity index (χ0) is 10.1. The van der Waals surface area contributed by atoms with Crippen LogP contribution in [0.25, 0.3) is 0 Å². The fraction of sp³-hybridized carbons (Fsp3) is 0.500. The van der Waals surface area contributed by atoms with Crippen molar-refractivity contribution in [3.05, 3.63) is 17.0 Å². The Kier molecular flexibility index (Phi) is 3.08. The van der Waals surface area contributed by atoms with Gasteiger partial charge in [0.05, 0.1) is 13.0 Å². The number of hydrogen-bond acceptors (Lipinski definition) is 2. The van der Waals surface area contributed by atoms with Gasteiger partial charge >= 0.3 is 0 Å². The van der Waals surface area contributed by atoms with Gasteiger partial charge in [-0.3, -0.25) is 4.79 Å². The van der Waals surface area contributed by atoms with Crippen molar-refractivity contribution in [3.8, 4) is 0 Å². The fourth-order valence-electron chi connectivity index (χ4n) is 1.07. The van der Waals surface area contributed by atoms with Gasteiger partial charge in [-0.2, -0.15) is 0 Å². The minimum absolute atomic E-state index is 0.192. The molecule has 0 saturated heterocycles. The molecule has 0 radical (unpaired) electrons. The van der Waals surface area contributed by atoms with Gasteiger partial charge < -0.3 is 0 Å². The number of carbonyl (C=O) groups excluding carboxylic acids is 1. The first kappa shape index (κ1) is 10.7. The number of carbonyl (C=O) groups is 1. The molecule has 0 spiro atoms. The van der Waals surface area contributed by atoms with E-state index in [1.54, 1.807) is 18.3 Å². The Morgan fingerprint density at radius 2 is 2.08 bits per heavy atom. The summed E-state index contributed by atoms with van der Waals surface area (Å²) in [6.07, 6.45) is 0. The van der Waals surface area contributed by atoms with E-state index in [-0.39, 0.29) is 5.78 Å². The lowest BCUT2D eigenvalue weighted by Gasteiger charge is -2.17. The third-order valence-corrected chi connectivity index (χ3v) is 8.74. The van der Waals surface area contributed by atoms with Crippen LogP contribution in [0.3, 0.4) is 0 Å². The van der Waals surface area contributed by atoms with E-state index in [2.05, 4.69) is 26.1 Å². The molecule has 0 unspecified atom stereocenters. The maximum absolute atomic E-state index is 11.1. The highest BCUT2D eigenvalue weighted by Crippen LogP contribution is 2.16. The molecule has 13 heavy (non-hydrogen) atoms. The zero-order valence-electron chi connectivity index (χ0n) is 8.68. The molecule has 0 amide bonds. The molecule has 72 valence electrons. The van der Waals surface area contributed by atoms with E-state index in [9.17, 15) is 4.79 Å². The van der Waals surface area contributed by atoms with Crippen LogP contribution >= 0.6 is 11.3 Å².